The van der Waals surface area contributed by atoms with Crippen LogP contribution in [0.25, 0.3) is 17.0 Å². The number of nitrogens with zero attached hydrogens (tertiary/aromatic N) is 2. The second kappa shape index (κ2) is 9.54. The van der Waals surface area contributed by atoms with E-state index < -0.39 is 0 Å². The number of amides is 2. The summed E-state index contributed by atoms with van der Waals surface area (Å²) < 4.78 is 0. The second-order valence-corrected chi connectivity index (χ2v) is 9.19. The molecule has 0 spiro atoms. The Bertz CT molecular complexity index is 1270. The molecule has 162 valence electrons. The van der Waals surface area contributed by atoms with Crippen LogP contribution in [0.15, 0.2) is 64.6 Å². The monoisotopic (exact) mass is 464 g/mol. The predicted octanol–water partition coefficient (Wildman–Crippen LogP) is 5.76. The van der Waals surface area contributed by atoms with Crippen LogP contribution in [-0.2, 0) is 9.59 Å². The van der Waals surface area contributed by atoms with Crippen LogP contribution >= 0.6 is 23.4 Å². The van der Waals surface area contributed by atoms with Crippen molar-refractivity contribution in [3.05, 3.63) is 70.2 Å². The van der Waals surface area contributed by atoms with E-state index in [0.717, 1.165) is 16.5 Å². The number of anilines is 1. The first-order valence-electron chi connectivity index (χ1n) is 10.1. The van der Waals surface area contributed by atoms with E-state index >= 15 is 0 Å². The van der Waals surface area contributed by atoms with E-state index in [1.807, 2.05) is 50.3 Å². The van der Waals surface area contributed by atoms with Gasteiger partial charge >= 0.3 is 0 Å². The van der Waals surface area contributed by atoms with Crippen LogP contribution in [0, 0.1) is 5.92 Å². The molecule has 2 N–H and O–H groups in total. The lowest BCUT2D eigenvalue weighted by molar-refractivity contribution is -0.117. The number of carbonyl (C=O) groups excluding carboxylic acids is 2. The molecule has 0 unspecified atom stereocenters. The van der Waals surface area contributed by atoms with Gasteiger partial charge in [0.2, 0.25) is 5.91 Å². The summed E-state index contributed by atoms with van der Waals surface area (Å²) >= 11 is 7.53. The molecule has 1 aromatic heterocycles. The van der Waals surface area contributed by atoms with E-state index in [-0.39, 0.29) is 17.7 Å². The molecule has 2 amide bonds. The maximum absolute atomic E-state index is 12.5. The number of hydrogen-bond donors (Lipinski definition) is 2. The minimum absolute atomic E-state index is 0.0692. The van der Waals surface area contributed by atoms with Crippen LogP contribution in [-0.4, -0.2) is 22.0 Å². The Kier molecular flexibility index (Phi) is 6.58. The van der Waals surface area contributed by atoms with Crippen molar-refractivity contribution >= 4 is 68.7 Å². The number of pyridine rings is 1. The van der Waals surface area contributed by atoms with Gasteiger partial charge in [0, 0.05) is 23.7 Å². The van der Waals surface area contributed by atoms with Crippen molar-refractivity contribution in [2.24, 2.45) is 10.9 Å². The third-order valence-corrected chi connectivity index (χ3v) is 5.85. The van der Waals surface area contributed by atoms with Crippen LogP contribution in [0.5, 0.6) is 0 Å². The molecule has 1 saturated heterocycles. The predicted molar refractivity (Wildman–Crippen MR) is 132 cm³/mol. The van der Waals surface area contributed by atoms with Crippen LogP contribution in [0.2, 0.25) is 5.02 Å². The largest absolute Gasteiger partial charge is 0.326 e. The molecule has 2 heterocycles. The van der Waals surface area contributed by atoms with Gasteiger partial charge in [-0.05, 0) is 65.7 Å². The summed E-state index contributed by atoms with van der Waals surface area (Å²) in [6.45, 7) is 3.97. The summed E-state index contributed by atoms with van der Waals surface area (Å²) in [6.07, 6.45) is 4.00. The summed E-state index contributed by atoms with van der Waals surface area (Å²) in [7, 11) is 0. The molecule has 0 radical (unpaired) electrons. The normalized spacial score (nSPS) is 16.2. The topological polar surface area (TPSA) is 83.5 Å². The number of aromatic nitrogens is 1. The summed E-state index contributed by atoms with van der Waals surface area (Å²) in [4.78, 5) is 33.8. The summed E-state index contributed by atoms with van der Waals surface area (Å²) in [5.74, 6) is -0.0333. The van der Waals surface area contributed by atoms with Crippen LogP contribution < -0.4 is 10.6 Å². The van der Waals surface area contributed by atoms with Crippen molar-refractivity contribution in [3.63, 3.8) is 0 Å². The molecule has 0 bridgehead atoms. The standard InChI is InChI=1S/C24H21ClN4O2S/c1-14(2)10-22(30)27-17-6-7-18(25)20(13-17)28-24-29-23(31)21(32-24)12-15-5-8-19-16(11-15)4-3-9-26-19/h3-9,11-14H,10H2,1-2H3,(H,27,30)(H,28,29,31). The van der Waals surface area contributed by atoms with Gasteiger partial charge in [-0.15, -0.1) is 0 Å². The van der Waals surface area contributed by atoms with Gasteiger partial charge in [-0.2, -0.15) is 0 Å². The Morgan fingerprint density at radius 2 is 2.09 bits per heavy atom. The highest BCUT2D eigenvalue weighted by Gasteiger charge is 2.24. The van der Waals surface area contributed by atoms with E-state index in [1.54, 1.807) is 24.4 Å². The Balaban J connectivity index is 1.54. The summed E-state index contributed by atoms with van der Waals surface area (Å²) in [5.41, 5.74) is 2.87. The molecule has 8 heteroatoms. The van der Waals surface area contributed by atoms with Gasteiger partial charge in [-0.1, -0.05) is 37.6 Å². The fraction of sp³-hybridized carbons (Fsp3) is 0.167. The molecule has 3 aromatic rings. The minimum Gasteiger partial charge on any atom is -0.326 e. The van der Waals surface area contributed by atoms with Crippen molar-refractivity contribution in [2.45, 2.75) is 20.3 Å². The number of aliphatic imine (C=N–C) groups is 1. The maximum atomic E-state index is 12.5. The van der Waals surface area contributed by atoms with Crippen molar-refractivity contribution in [2.75, 3.05) is 5.32 Å². The van der Waals surface area contributed by atoms with Crippen LogP contribution in [0.4, 0.5) is 11.4 Å². The molecule has 0 atom stereocenters. The van der Waals surface area contributed by atoms with Crippen molar-refractivity contribution in [1.29, 1.82) is 0 Å². The zero-order valence-corrected chi connectivity index (χ0v) is 19.1. The van der Waals surface area contributed by atoms with Crippen molar-refractivity contribution in [1.82, 2.24) is 10.3 Å². The number of hydrogen-bond acceptors (Lipinski definition) is 5. The number of nitrogens with one attached hydrogen (secondary N) is 2. The van der Waals surface area contributed by atoms with Crippen LogP contribution in [0.3, 0.4) is 0 Å². The molecule has 0 saturated carbocycles. The molecular formula is C24H21ClN4O2S. The number of amidine groups is 1. The molecule has 4 rings (SSSR count). The van der Waals surface area contributed by atoms with E-state index in [9.17, 15) is 9.59 Å². The Labute approximate surface area is 195 Å². The molecule has 1 fully saturated rings. The fourth-order valence-electron chi connectivity index (χ4n) is 3.18. The smallest absolute Gasteiger partial charge is 0.264 e. The van der Waals surface area contributed by atoms with Gasteiger partial charge in [-0.3, -0.25) is 14.6 Å². The van der Waals surface area contributed by atoms with Crippen molar-refractivity contribution in [3.8, 4) is 0 Å². The lowest BCUT2D eigenvalue weighted by atomic mass is 10.1. The molecule has 0 aliphatic carbocycles. The molecule has 1 aliphatic rings. The SMILES string of the molecule is CC(C)CC(=O)Nc1ccc(Cl)c(N=C2NC(=O)C(=Cc3ccc4ncccc4c3)S2)c1. The van der Waals surface area contributed by atoms with E-state index in [0.29, 0.717) is 32.9 Å². The molecule has 6 nitrogen and oxygen atoms in total. The minimum atomic E-state index is -0.224. The highest BCUT2D eigenvalue weighted by atomic mass is 35.5. The summed E-state index contributed by atoms with van der Waals surface area (Å²) in [5, 5.41) is 7.48. The average Bonchev–Trinajstić information content (AvgIpc) is 3.08. The van der Waals surface area contributed by atoms with Gasteiger partial charge in [0.15, 0.2) is 5.17 Å². The Hall–Kier alpha value is -3.16. The van der Waals surface area contributed by atoms with E-state index in [1.165, 1.54) is 11.8 Å². The van der Waals surface area contributed by atoms with Gasteiger partial charge in [0.1, 0.15) is 0 Å². The third kappa shape index (κ3) is 5.36. The summed E-state index contributed by atoms with van der Waals surface area (Å²) in [6, 6.07) is 14.8. The highest BCUT2D eigenvalue weighted by Crippen LogP contribution is 2.33. The van der Waals surface area contributed by atoms with E-state index in [2.05, 4.69) is 20.6 Å². The number of carbonyl (C=O) groups is 2. The first-order valence-corrected chi connectivity index (χ1v) is 11.3. The van der Waals surface area contributed by atoms with Crippen molar-refractivity contribution < 1.29 is 9.59 Å². The van der Waals surface area contributed by atoms with Gasteiger partial charge in [-0.25, -0.2) is 4.99 Å². The Morgan fingerprint density at radius 1 is 1.25 bits per heavy atom. The second-order valence-electron chi connectivity index (χ2n) is 7.75. The number of rotatable bonds is 5. The molecular weight excluding hydrogens is 444 g/mol. The maximum Gasteiger partial charge on any atom is 0.264 e. The molecule has 1 aliphatic heterocycles. The first kappa shape index (κ1) is 22.0. The number of halogens is 1. The number of thioether (sulfide) groups is 1. The van der Waals surface area contributed by atoms with Crippen LogP contribution in [0.1, 0.15) is 25.8 Å². The lowest BCUT2D eigenvalue weighted by Crippen LogP contribution is -2.19. The Morgan fingerprint density at radius 3 is 2.91 bits per heavy atom. The van der Waals surface area contributed by atoms with Gasteiger partial charge < -0.3 is 10.6 Å². The highest BCUT2D eigenvalue weighted by molar-refractivity contribution is 8.18. The lowest BCUT2D eigenvalue weighted by Gasteiger charge is -2.08. The fourth-order valence-corrected chi connectivity index (χ4v) is 4.18. The van der Waals surface area contributed by atoms with Gasteiger partial charge in [0.05, 0.1) is 21.1 Å². The average molecular weight is 465 g/mol. The zero-order valence-electron chi connectivity index (χ0n) is 17.6. The zero-order chi connectivity index (χ0) is 22.7. The first-order chi connectivity index (χ1) is 15.4. The molecule has 32 heavy (non-hydrogen) atoms. The third-order valence-electron chi connectivity index (χ3n) is 4.62. The van der Waals surface area contributed by atoms with Gasteiger partial charge in [0.25, 0.3) is 5.91 Å². The number of benzene rings is 2. The number of fused-ring (bicyclic) bond motifs is 1. The quantitative estimate of drug-likeness (QED) is 0.470. The van der Waals surface area contributed by atoms with E-state index in [4.69, 9.17) is 11.6 Å². The molecule has 2 aromatic carbocycles.